The SMILES string of the molecule is CC1(C(=O)O)CCC(N=C(C(=CN)C(=O)N2C[C@H](C3CCCCC3)C[C@H]2C(=O)c2c(Cl)cncc2Cl)C(F)(F)F)CC1. The second-order valence-electron chi connectivity index (χ2n) is 11.9. The molecule has 2 saturated carbocycles. The largest absolute Gasteiger partial charge is 0.481 e. The molecule has 1 amide bonds. The van der Waals surface area contributed by atoms with Gasteiger partial charge >= 0.3 is 12.1 Å². The van der Waals surface area contributed by atoms with Gasteiger partial charge in [0.15, 0.2) is 11.5 Å². The zero-order valence-corrected chi connectivity index (χ0v) is 24.8. The molecule has 42 heavy (non-hydrogen) atoms. The molecule has 0 spiro atoms. The van der Waals surface area contributed by atoms with Gasteiger partial charge in [-0.25, -0.2) is 0 Å². The molecule has 2 aliphatic carbocycles. The average molecular weight is 632 g/mol. The highest BCUT2D eigenvalue weighted by Gasteiger charge is 2.48. The number of halogens is 5. The molecule has 3 aliphatic rings. The molecule has 1 aromatic heterocycles. The molecule has 8 nitrogen and oxygen atoms in total. The van der Waals surface area contributed by atoms with Crippen LogP contribution < -0.4 is 5.73 Å². The molecule has 4 rings (SSSR count). The van der Waals surface area contributed by atoms with Crippen LogP contribution in [0.4, 0.5) is 13.2 Å². The second-order valence-corrected chi connectivity index (χ2v) is 12.7. The summed E-state index contributed by atoms with van der Waals surface area (Å²) in [4.78, 5) is 48.3. The van der Waals surface area contributed by atoms with Crippen LogP contribution >= 0.6 is 23.2 Å². The molecule has 3 N–H and O–H groups in total. The van der Waals surface area contributed by atoms with Crippen LogP contribution in [-0.2, 0) is 9.59 Å². The Morgan fingerprint density at radius 1 is 1.07 bits per heavy atom. The second kappa shape index (κ2) is 12.9. The normalized spacial score (nSPS) is 28.1. The van der Waals surface area contributed by atoms with Gasteiger partial charge in [-0.1, -0.05) is 55.3 Å². The van der Waals surface area contributed by atoms with Crippen LogP contribution in [0.5, 0.6) is 0 Å². The number of pyridine rings is 1. The minimum atomic E-state index is -5.02. The van der Waals surface area contributed by atoms with E-state index in [0.717, 1.165) is 37.0 Å². The smallest absolute Gasteiger partial charge is 0.433 e. The minimum absolute atomic E-state index is 0.0150. The summed E-state index contributed by atoms with van der Waals surface area (Å²) in [5, 5.41) is 9.45. The van der Waals surface area contributed by atoms with Gasteiger partial charge in [0, 0.05) is 25.1 Å². The minimum Gasteiger partial charge on any atom is -0.481 e. The lowest BCUT2D eigenvalue weighted by Crippen LogP contribution is -2.45. The first kappa shape index (κ1) is 32.3. The fourth-order valence-electron chi connectivity index (χ4n) is 6.57. The Hall–Kier alpha value is -2.66. The molecule has 230 valence electrons. The third-order valence-electron chi connectivity index (χ3n) is 9.12. The van der Waals surface area contributed by atoms with E-state index >= 15 is 0 Å². The number of carbonyl (C=O) groups excluding carboxylic acids is 2. The number of hydrogen-bond acceptors (Lipinski definition) is 6. The van der Waals surface area contributed by atoms with Crippen molar-refractivity contribution in [3.05, 3.63) is 39.8 Å². The third-order valence-corrected chi connectivity index (χ3v) is 9.69. The molecule has 1 saturated heterocycles. The summed E-state index contributed by atoms with van der Waals surface area (Å²) in [6.07, 6.45) is 3.80. The fraction of sp³-hybridized carbons (Fsp3) is 0.621. The van der Waals surface area contributed by atoms with Crippen molar-refractivity contribution < 1.29 is 32.7 Å². The number of nitrogens with two attached hydrogens (primary N) is 1. The molecule has 3 fully saturated rings. The number of carboxylic acids is 1. The number of carbonyl (C=O) groups is 3. The van der Waals surface area contributed by atoms with Crippen LogP contribution in [0.3, 0.4) is 0 Å². The molecule has 1 aromatic rings. The lowest BCUT2D eigenvalue weighted by molar-refractivity contribution is -0.149. The lowest BCUT2D eigenvalue weighted by atomic mass is 9.74. The first-order valence-electron chi connectivity index (χ1n) is 14.2. The quantitative estimate of drug-likeness (QED) is 0.208. The zero-order chi connectivity index (χ0) is 30.8. The predicted octanol–water partition coefficient (Wildman–Crippen LogP) is 6.25. The number of aromatic nitrogens is 1. The molecule has 13 heteroatoms. The molecule has 2 atom stereocenters. The van der Waals surface area contributed by atoms with Crippen molar-refractivity contribution in [3.63, 3.8) is 0 Å². The van der Waals surface area contributed by atoms with Gasteiger partial charge in [-0.15, -0.1) is 0 Å². The standard InChI is InChI=1S/C29H35Cl2F3N4O4/c1-28(27(41)42)9-7-18(8-10-28)37-25(29(32,33)34)19(12-35)26(40)38-15-17(16-5-3-2-4-6-16)11-22(38)24(39)23-20(30)13-36-14-21(23)31/h12-14,16-18,22H,2-11,15,35H2,1H3,(H,41,42)/t17-,18?,22+,28?/m1/s1. The number of nitrogens with zero attached hydrogens (tertiary/aromatic N) is 3. The fourth-order valence-corrected chi connectivity index (χ4v) is 7.12. The molecular formula is C29H35Cl2F3N4O4. The number of aliphatic carboxylic acids is 1. The van der Waals surface area contributed by atoms with E-state index in [1.807, 2.05) is 0 Å². The summed E-state index contributed by atoms with van der Waals surface area (Å²) in [6.45, 7) is 1.65. The van der Waals surface area contributed by atoms with Gasteiger partial charge in [0.05, 0.1) is 38.7 Å². The Labute approximate surface area is 252 Å². The van der Waals surface area contributed by atoms with Crippen LogP contribution in [-0.4, -0.2) is 63.2 Å². The van der Waals surface area contributed by atoms with E-state index in [9.17, 15) is 32.7 Å². The number of ketones is 1. The first-order chi connectivity index (χ1) is 19.8. The van der Waals surface area contributed by atoms with Crippen molar-refractivity contribution in [2.75, 3.05) is 6.54 Å². The first-order valence-corrected chi connectivity index (χ1v) is 15.0. The average Bonchev–Trinajstić information content (AvgIpc) is 3.39. The summed E-state index contributed by atoms with van der Waals surface area (Å²) >= 11 is 12.5. The van der Waals surface area contributed by atoms with Crippen molar-refractivity contribution in [2.24, 2.45) is 28.0 Å². The van der Waals surface area contributed by atoms with Gasteiger partial charge in [-0.2, -0.15) is 13.2 Å². The number of rotatable bonds is 7. The van der Waals surface area contributed by atoms with Gasteiger partial charge in [0.1, 0.15) is 0 Å². The van der Waals surface area contributed by atoms with Gasteiger partial charge in [0.25, 0.3) is 5.91 Å². The van der Waals surface area contributed by atoms with Crippen LogP contribution in [0.15, 0.2) is 29.2 Å². The van der Waals surface area contributed by atoms with Crippen molar-refractivity contribution in [3.8, 4) is 0 Å². The summed E-state index contributed by atoms with van der Waals surface area (Å²) in [7, 11) is 0. The topological polar surface area (TPSA) is 126 Å². The number of Topliss-reactive ketones (excluding diaryl/α,β-unsaturated/α-hetero) is 1. The monoisotopic (exact) mass is 630 g/mol. The molecule has 1 aliphatic heterocycles. The van der Waals surface area contributed by atoms with Crippen molar-refractivity contribution in [1.29, 1.82) is 0 Å². The van der Waals surface area contributed by atoms with Crippen molar-refractivity contribution in [1.82, 2.24) is 9.88 Å². The van der Waals surface area contributed by atoms with Crippen LogP contribution in [0.2, 0.25) is 10.0 Å². The van der Waals surface area contributed by atoms with Gasteiger partial charge in [-0.05, 0) is 50.9 Å². The molecule has 0 aromatic carbocycles. The maximum Gasteiger partial charge on any atom is 0.433 e. The summed E-state index contributed by atoms with van der Waals surface area (Å²) in [6, 6.07) is -1.94. The Morgan fingerprint density at radius 2 is 1.67 bits per heavy atom. The van der Waals surface area contributed by atoms with E-state index in [0.29, 0.717) is 6.20 Å². The zero-order valence-electron chi connectivity index (χ0n) is 23.3. The Balaban J connectivity index is 1.67. The van der Waals surface area contributed by atoms with Crippen LogP contribution in [0.1, 0.15) is 81.5 Å². The Morgan fingerprint density at radius 3 is 2.19 bits per heavy atom. The predicted molar refractivity (Wildman–Crippen MR) is 153 cm³/mol. The third kappa shape index (κ3) is 6.77. The highest BCUT2D eigenvalue weighted by molar-refractivity contribution is 6.40. The molecule has 2 heterocycles. The maximum atomic E-state index is 14.4. The van der Waals surface area contributed by atoms with E-state index in [-0.39, 0.29) is 66.1 Å². The Bertz CT molecular complexity index is 1250. The van der Waals surface area contributed by atoms with E-state index in [1.165, 1.54) is 12.4 Å². The van der Waals surface area contributed by atoms with Crippen LogP contribution in [0, 0.1) is 17.3 Å². The van der Waals surface area contributed by atoms with Gasteiger partial charge in [0.2, 0.25) is 0 Å². The molecule has 0 unspecified atom stereocenters. The van der Waals surface area contributed by atoms with E-state index in [4.69, 9.17) is 28.9 Å². The highest BCUT2D eigenvalue weighted by atomic mass is 35.5. The Kier molecular flexibility index (Phi) is 9.92. The highest BCUT2D eigenvalue weighted by Crippen LogP contribution is 2.41. The number of likely N-dealkylation sites (tertiary alicyclic amines) is 1. The lowest BCUT2D eigenvalue weighted by Gasteiger charge is -2.33. The van der Waals surface area contributed by atoms with E-state index in [2.05, 4.69) is 9.98 Å². The number of hydrogen-bond donors (Lipinski definition) is 2. The maximum absolute atomic E-state index is 14.4. The van der Waals surface area contributed by atoms with E-state index < -0.39 is 52.6 Å². The summed E-state index contributed by atoms with van der Waals surface area (Å²) in [5.41, 5.74) is 2.34. The number of alkyl halides is 3. The molecule has 0 bridgehead atoms. The molecule has 0 radical (unpaired) electrons. The van der Waals surface area contributed by atoms with Crippen molar-refractivity contribution in [2.45, 2.75) is 89.4 Å². The number of carboxylic acid groups (broad SMARTS) is 1. The van der Waals surface area contributed by atoms with Crippen LogP contribution in [0.25, 0.3) is 0 Å². The number of amides is 1. The van der Waals surface area contributed by atoms with Gasteiger partial charge in [-0.3, -0.25) is 24.4 Å². The number of aliphatic imine (C=N–C) groups is 1. The summed E-state index contributed by atoms with van der Waals surface area (Å²) < 4.78 is 43.3. The van der Waals surface area contributed by atoms with Crippen molar-refractivity contribution >= 4 is 46.6 Å². The molecular weight excluding hydrogens is 596 g/mol. The van der Waals surface area contributed by atoms with E-state index in [1.54, 1.807) is 6.92 Å². The van der Waals surface area contributed by atoms with Gasteiger partial charge < -0.3 is 15.7 Å². The summed E-state index contributed by atoms with van der Waals surface area (Å²) in [5.74, 6) is -2.49.